The van der Waals surface area contributed by atoms with E-state index in [1.54, 1.807) is 30.6 Å². The zero-order chi connectivity index (χ0) is 13.8. The Kier molecular flexibility index (Phi) is 4.93. The number of pyridine rings is 1. The van der Waals surface area contributed by atoms with E-state index in [4.69, 9.17) is 17.3 Å². The van der Waals surface area contributed by atoms with Crippen LogP contribution in [0.1, 0.15) is 23.1 Å². The first-order chi connectivity index (χ1) is 9.13. The van der Waals surface area contributed by atoms with Crippen molar-refractivity contribution in [3.8, 4) is 0 Å². The van der Waals surface area contributed by atoms with Crippen molar-refractivity contribution in [3.63, 3.8) is 0 Å². The van der Waals surface area contributed by atoms with Gasteiger partial charge in [0.25, 0.3) is 0 Å². The van der Waals surface area contributed by atoms with Gasteiger partial charge in [-0.05, 0) is 29.3 Å². The zero-order valence-electron chi connectivity index (χ0n) is 10.1. The Morgan fingerprint density at radius 2 is 2.16 bits per heavy atom. The van der Waals surface area contributed by atoms with Crippen LogP contribution in [0.2, 0.25) is 5.02 Å². The van der Waals surface area contributed by atoms with Crippen molar-refractivity contribution >= 4 is 27.5 Å². The average molecular weight is 342 g/mol. The third-order valence-electron chi connectivity index (χ3n) is 3.03. The molecule has 0 aliphatic rings. The van der Waals surface area contributed by atoms with E-state index in [-0.39, 0.29) is 5.92 Å². The molecule has 0 amide bonds. The third kappa shape index (κ3) is 3.34. The van der Waals surface area contributed by atoms with E-state index < -0.39 is 6.10 Å². The van der Waals surface area contributed by atoms with Gasteiger partial charge in [-0.2, -0.15) is 0 Å². The molecule has 19 heavy (non-hydrogen) atoms. The monoisotopic (exact) mass is 340 g/mol. The summed E-state index contributed by atoms with van der Waals surface area (Å²) in [5, 5.41) is 11.1. The minimum atomic E-state index is -0.708. The summed E-state index contributed by atoms with van der Waals surface area (Å²) in [7, 11) is 0. The third-order valence-corrected chi connectivity index (χ3v) is 3.95. The molecule has 1 heterocycles. The van der Waals surface area contributed by atoms with Crippen LogP contribution in [0.15, 0.2) is 47.2 Å². The molecule has 0 aliphatic heterocycles. The fraction of sp³-hybridized carbons (Fsp3) is 0.214. The molecule has 2 rings (SSSR count). The Morgan fingerprint density at radius 3 is 2.74 bits per heavy atom. The van der Waals surface area contributed by atoms with Gasteiger partial charge in [0.2, 0.25) is 0 Å². The van der Waals surface area contributed by atoms with Gasteiger partial charge in [0.15, 0.2) is 0 Å². The highest BCUT2D eigenvalue weighted by molar-refractivity contribution is 9.10. The van der Waals surface area contributed by atoms with Gasteiger partial charge < -0.3 is 10.8 Å². The van der Waals surface area contributed by atoms with Crippen molar-refractivity contribution < 1.29 is 5.11 Å². The molecule has 0 spiro atoms. The van der Waals surface area contributed by atoms with Crippen LogP contribution in [0.25, 0.3) is 0 Å². The number of benzene rings is 1. The average Bonchev–Trinajstić information content (AvgIpc) is 2.40. The van der Waals surface area contributed by atoms with Crippen molar-refractivity contribution in [2.75, 3.05) is 6.54 Å². The van der Waals surface area contributed by atoms with Gasteiger partial charge in [0.1, 0.15) is 0 Å². The van der Waals surface area contributed by atoms with Crippen LogP contribution >= 0.6 is 27.5 Å². The second-order valence-electron chi connectivity index (χ2n) is 4.24. The van der Waals surface area contributed by atoms with Crippen molar-refractivity contribution in [1.82, 2.24) is 4.98 Å². The molecule has 3 nitrogen and oxygen atoms in total. The van der Waals surface area contributed by atoms with E-state index in [0.717, 1.165) is 15.6 Å². The Hall–Kier alpha value is -0.940. The lowest BCUT2D eigenvalue weighted by Gasteiger charge is -2.23. The lowest BCUT2D eigenvalue weighted by molar-refractivity contribution is 0.146. The van der Waals surface area contributed by atoms with Crippen molar-refractivity contribution in [1.29, 1.82) is 0 Å². The van der Waals surface area contributed by atoms with Crippen LogP contribution in [-0.4, -0.2) is 16.6 Å². The van der Waals surface area contributed by atoms with E-state index in [1.165, 1.54) is 0 Å². The highest BCUT2D eigenvalue weighted by atomic mass is 79.9. The SMILES string of the molecule is NCC(c1cccnc1)C(O)c1ccc(Cl)cc1Br. The number of hydrogen-bond acceptors (Lipinski definition) is 3. The van der Waals surface area contributed by atoms with Gasteiger partial charge in [0, 0.05) is 34.4 Å². The number of halogens is 2. The number of hydrogen-bond donors (Lipinski definition) is 2. The molecule has 1 aromatic carbocycles. The number of rotatable bonds is 4. The molecule has 0 saturated heterocycles. The summed E-state index contributed by atoms with van der Waals surface area (Å²) in [6, 6.07) is 9.06. The molecule has 5 heteroatoms. The predicted molar refractivity (Wildman–Crippen MR) is 80.1 cm³/mol. The standard InChI is InChI=1S/C14H14BrClN2O/c15-13-6-10(16)3-4-11(13)14(19)12(7-17)9-2-1-5-18-8-9/h1-6,8,12,14,19H,7,17H2. The molecule has 2 aromatic rings. The van der Waals surface area contributed by atoms with E-state index in [0.29, 0.717) is 11.6 Å². The van der Waals surface area contributed by atoms with Gasteiger partial charge in [0.05, 0.1) is 6.10 Å². The quantitative estimate of drug-likeness (QED) is 0.897. The fourth-order valence-corrected chi connectivity index (χ4v) is 2.92. The normalized spacial score (nSPS) is 14.1. The van der Waals surface area contributed by atoms with Gasteiger partial charge in [-0.1, -0.05) is 39.7 Å². The van der Waals surface area contributed by atoms with E-state index in [1.807, 2.05) is 12.1 Å². The minimum absolute atomic E-state index is 0.203. The number of nitrogens with two attached hydrogens (primary N) is 1. The van der Waals surface area contributed by atoms with Crippen LogP contribution in [0, 0.1) is 0 Å². The maximum Gasteiger partial charge on any atom is 0.0882 e. The predicted octanol–water partition coefficient (Wildman–Crippen LogP) is 3.27. The smallest absolute Gasteiger partial charge is 0.0882 e. The Bertz CT molecular complexity index is 550. The summed E-state index contributed by atoms with van der Waals surface area (Å²) in [6.45, 7) is 0.335. The number of aromatic nitrogens is 1. The second kappa shape index (κ2) is 6.48. The molecular formula is C14H14BrClN2O. The summed E-state index contributed by atoms with van der Waals surface area (Å²) >= 11 is 9.32. The summed E-state index contributed by atoms with van der Waals surface area (Å²) in [5.41, 5.74) is 7.48. The van der Waals surface area contributed by atoms with Crippen LogP contribution in [0.3, 0.4) is 0 Å². The molecule has 0 fully saturated rings. The molecule has 1 aromatic heterocycles. The minimum Gasteiger partial charge on any atom is -0.388 e. The molecule has 0 bridgehead atoms. The van der Waals surface area contributed by atoms with Crippen molar-refractivity contribution in [3.05, 3.63) is 63.3 Å². The van der Waals surface area contributed by atoms with Crippen molar-refractivity contribution in [2.24, 2.45) is 5.73 Å². The first-order valence-electron chi connectivity index (χ1n) is 5.86. The molecular weight excluding hydrogens is 328 g/mol. The summed E-state index contributed by atoms with van der Waals surface area (Å²) in [4.78, 5) is 4.07. The van der Waals surface area contributed by atoms with E-state index in [2.05, 4.69) is 20.9 Å². The topological polar surface area (TPSA) is 59.1 Å². The molecule has 0 saturated carbocycles. The lowest BCUT2D eigenvalue weighted by atomic mass is 9.90. The number of aliphatic hydroxyl groups excluding tert-OH is 1. The first-order valence-corrected chi connectivity index (χ1v) is 7.03. The number of nitrogens with zero attached hydrogens (tertiary/aromatic N) is 1. The summed E-state index contributed by atoms with van der Waals surface area (Å²) in [5.74, 6) is -0.203. The molecule has 2 atom stereocenters. The van der Waals surface area contributed by atoms with Crippen LogP contribution in [-0.2, 0) is 0 Å². The summed E-state index contributed by atoms with van der Waals surface area (Å²) in [6.07, 6.45) is 2.72. The van der Waals surface area contributed by atoms with E-state index >= 15 is 0 Å². The molecule has 100 valence electrons. The maximum atomic E-state index is 10.5. The van der Waals surface area contributed by atoms with Crippen LogP contribution < -0.4 is 5.73 Å². The molecule has 3 N–H and O–H groups in total. The lowest BCUT2D eigenvalue weighted by Crippen LogP contribution is -2.20. The second-order valence-corrected chi connectivity index (χ2v) is 5.53. The van der Waals surface area contributed by atoms with Gasteiger partial charge in [-0.25, -0.2) is 0 Å². The Balaban J connectivity index is 2.33. The van der Waals surface area contributed by atoms with Crippen LogP contribution in [0.4, 0.5) is 0 Å². The Labute approximate surface area is 125 Å². The maximum absolute atomic E-state index is 10.5. The van der Waals surface area contributed by atoms with Gasteiger partial charge in [-0.15, -0.1) is 0 Å². The largest absolute Gasteiger partial charge is 0.388 e. The highest BCUT2D eigenvalue weighted by Gasteiger charge is 2.23. The van der Waals surface area contributed by atoms with Crippen LogP contribution in [0.5, 0.6) is 0 Å². The molecule has 0 aliphatic carbocycles. The first kappa shape index (κ1) is 14.5. The molecule has 0 radical (unpaired) electrons. The fourth-order valence-electron chi connectivity index (χ4n) is 2.00. The highest BCUT2D eigenvalue weighted by Crippen LogP contribution is 2.34. The van der Waals surface area contributed by atoms with Crippen molar-refractivity contribution in [2.45, 2.75) is 12.0 Å². The zero-order valence-corrected chi connectivity index (χ0v) is 12.5. The number of aliphatic hydroxyl groups is 1. The summed E-state index contributed by atoms with van der Waals surface area (Å²) < 4.78 is 0.773. The van der Waals surface area contributed by atoms with E-state index in [9.17, 15) is 5.11 Å². The van der Waals surface area contributed by atoms with Gasteiger partial charge in [-0.3, -0.25) is 4.98 Å². The Morgan fingerprint density at radius 1 is 1.37 bits per heavy atom. The molecule has 2 unspecified atom stereocenters. The van der Waals surface area contributed by atoms with Gasteiger partial charge >= 0.3 is 0 Å².